The van der Waals surface area contributed by atoms with Crippen LogP contribution in [-0.4, -0.2) is 51.5 Å². The van der Waals surface area contributed by atoms with Crippen molar-refractivity contribution in [1.82, 2.24) is 15.5 Å². The van der Waals surface area contributed by atoms with E-state index in [-0.39, 0.29) is 0 Å². The van der Waals surface area contributed by atoms with Gasteiger partial charge in [0.15, 0.2) is 0 Å². The van der Waals surface area contributed by atoms with Gasteiger partial charge in [0.05, 0.1) is 0 Å². The second-order valence-corrected chi connectivity index (χ2v) is 5.46. The van der Waals surface area contributed by atoms with Crippen LogP contribution in [0.5, 0.6) is 0 Å². The van der Waals surface area contributed by atoms with Crippen molar-refractivity contribution in [1.29, 1.82) is 0 Å². The predicted octanol–water partition coefficient (Wildman–Crippen LogP) is 2.02. The third-order valence-electron chi connectivity index (χ3n) is 3.12. The third kappa shape index (κ3) is 6.56. The number of amidine groups is 1. The molecule has 0 radical (unpaired) electrons. The van der Waals surface area contributed by atoms with E-state index < -0.39 is 0 Å². The minimum absolute atomic E-state index is 0.725. The molecule has 0 saturated heterocycles. The summed E-state index contributed by atoms with van der Waals surface area (Å²) < 4.78 is 0. The monoisotopic (exact) mass is 288 g/mol. The number of rotatable bonds is 8. The molecule has 21 heavy (non-hydrogen) atoms. The molecule has 0 heterocycles. The molecule has 0 atom stereocenters. The van der Waals surface area contributed by atoms with Gasteiger partial charge in [0.1, 0.15) is 5.84 Å². The Kier molecular flexibility index (Phi) is 7.72. The Morgan fingerprint density at radius 2 is 2.00 bits per heavy atom. The van der Waals surface area contributed by atoms with Gasteiger partial charge in [-0.2, -0.15) is 0 Å². The fraction of sp³-hybridized carbons (Fsp3) is 0.471. The summed E-state index contributed by atoms with van der Waals surface area (Å²) >= 11 is 0. The summed E-state index contributed by atoms with van der Waals surface area (Å²) in [6.45, 7) is 8.71. The van der Waals surface area contributed by atoms with Gasteiger partial charge < -0.3 is 15.5 Å². The molecule has 0 spiro atoms. The van der Waals surface area contributed by atoms with Crippen molar-refractivity contribution in [3.05, 3.63) is 47.7 Å². The second kappa shape index (κ2) is 9.32. The van der Waals surface area contributed by atoms with Gasteiger partial charge in [0.2, 0.25) is 0 Å². The molecule has 1 rings (SSSR count). The molecule has 4 heteroatoms. The topological polar surface area (TPSA) is 39.7 Å². The highest BCUT2D eigenvalue weighted by molar-refractivity contribution is 6.01. The Labute approximate surface area is 129 Å². The van der Waals surface area contributed by atoms with Gasteiger partial charge in [-0.1, -0.05) is 30.8 Å². The highest BCUT2D eigenvalue weighted by Crippen LogP contribution is 2.08. The number of hydrogen-bond donors (Lipinski definition) is 2. The zero-order valence-electron chi connectivity index (χ0n) is 13.7. The summed E-state index contributed by atoms with van der Waals surface area (Å²) in [5.74, 6) is 0.909. The number of nitrogens with zero attached hydrogens (tertiary/aromatic N) is 2. The Balaban J connectivity index is 2.82. The Morgan fingerprint density at radius 3 is 2.62 bits per heavy atom. The van der Waals surface area contributed by atoms with E-state index in [1.54, 1.807) is 0 Å². The Hall–Kier alpha value is -1.65. The number of aryl methyl sites for hydroxylation is 1. The molecule has 1 aromatic rings. The van der Waals surface area contributed by atoms with Crippen molar-refractivity contribution >= 4 is 5.84 Å². The van der Waals surface area contributed by atoms with E-state index in [0.29, 0.717) is 0 Å². The Bertz CT molecular complexity index is 477. The molecule has 2 N–H and O–H groups in total. The molecule has 0 bridgehead atoms. The maximum Gasteiger partial charge on any atom is 0.132 e. The van der Waals surface area contributed by atoms with E-state index in [9.17, 15) is 0 Å². The highest BCUT2D eigenvalue weighted by Gasteiger charge is 2.07. The molecular weight excluding hydrogens is 260 g/mol. The molecule has 0 saturated carbocycles. The van der Waals surface area contributed by atoms with Crippen LogP contribution in [0, 0.1) is 6.92 Å². The van der Waals surface area contributed by atoms with Gasteiger partial charge in [-0.15, -0.1) is 0 Å². The number of likely N-dealkylation sites (N-methyl/N-ethyl adjacent to an activating group) is 1. The molecule has 0 unspecified atom stereocenters. The average molecular weight is 288 g/mol. The maximum absolute atomic E-state index is 4.74. The summed E-state index contributed by atoms with van der Waals surface area (Å²) in [6, 6.07) is 8.29. The zero-order chi connectivity index (χ0) is 15.7. The first-order valence-corrected chi connectivity index (χ1v) is 7.39. The number of aliphatic imine (C=N–C) groups is 1. The molecular formula is C17H28N4. The highest BCUT2D eigenvalue weighted by atomic mass is 15.1. The smallest absolute Gasteiger partial charge is 0.132 e. The lowest BCUT2D eigenvalue weighted by atomic mass is 10.1. The zero-order valence-corrected chi connectivity index (χ0v) is 13.7. The fourth-order valence-corrected chi connectivity index (χ4v) is 2.03. The van der Waals surface area contributed by atoms with Crippen LogP contribution in [0.1, 0.15) is 17.5 Å². The predicted molar refractivity (Wildman–Crippen MR) is 92.0 cm³/mol. The van der Waals surface area contributed by atoms with Gasteiger partial charge in [-0.3, -0.25) is 4.99 Å². The van der Waals surface area contributed by atoms with E-state index in [2.05, 4.69) is 55.3 Å². The molecule has 1 aromatic carbocycles. The number of benzene rings is 1. The molecule has 0 aliphatic rings. The Morgan fingerprint density at radius 1 is 1.29 bits per heavy atom. The largest absolute Gasteiger partial charge is 0.343 e. The third-order valence-corrected chi connectivity index (χ3v) is 3.12. The first-order chi connectivity index (χ1) is 10.0. The fourth-order valence-electron chi connectivity index (χ4n) is 2.03. The van der Waals surface area contributed by atoms with Gasteiger partial charge in [-0.05, 0) is 46.6 Å². The van der Waals surface area contributed by atoms with Crippen LogP contribution < -0.4 is 10.6 Å². The lowest BCUT2D eigenvalue weighted by Crippen LogP contribution is -2.29. The van der Waals surface area contributed by atoms with Crippen LogP contribution in [0.3, 0.4) is 0 Å². The molecule has 0 aromatic heterocycles. The van der Waals surface area contributed by atoms with E-state index in [1.165, 1.54) is 5.56 Å². The normalized spacial score (nSPS) is 11.8. The van der Waals surface area contributed by atoms with Crippen molar-refractivity contribution in [3.8, 4) is 0 Å². The van der Waals surface area contributed by atoms with Crippen molar-refractivity contribution in [2.75, 3.05) is 40.8 Å². The first-order valence-electron chi connectivity index (χ1n) is 7.39. The SMILES string of the molecule is C=C(CNC)NC(=NCCCN(C)C)c1ccccc1C. The van der Waals surface area contributed by atoms with Crippen LogP contribution in [-0.2, 0) is 0 Å². The summed E-state index contributed by atoms with van der Waals surface area (Å²) in [6.07, 6.45) is 1.04. The summed E-state index contributed by atoms with van der Waals surface area (Å²) in [7, 11) is 6.08. The second-order valence-electron chi connectivity index (χ2n) is 5.46. The van der Waals surface area contributed by atoms with Crippen LogP contribution in [0.2, 0.25) is 0 Å². The molecule has 0 aliphatic heterocycles. The van der Waals surface area contributed by atoms with Gasteiger partial charge in [0.25, 0.3) is 0 Å². The molecule has 4 nitrogen and oxygen atoms in total. The maximum atomic E-state index is 4.74. The van der Waals surface area contributed by atoms with E-state index in [0.717, 1.165) is 43.2 Å². The van der Waals surface area contributed by atoms with Crippen molar-refractivity contribution in [3.63, 3.8) is 0 Å². The number of nitrogens with one attached hydrogen (secondary N) is 2. The van der Waals surface area contributed by atoms with Crippen molar-refractivity contribution in [2.45, 2.75) is 13.3 Å². The number of hydrogen-bond acceptors (Lipinski definition) is 3. The molecule has 0 fully saturated rings. The van der Waals surface area contributed by atoms with Crippen LogP contribution in [0.4, 0.5) is 0 Å². The molecule has 116 valence electrons. The minimum atomic E-state index is 0.725. The van der Waals surface area contributed by atoms with E-state index in [1.807, 2.05) is 19.2 Å². The summed E-state index contributed by atoms with van der Waals surface area (Å²) in [4.78, 5) is 6.92. The average Bonchev–Trinajstić information content (AvgIpc) is 2.43. The van der Waals surface area contributed by atoms with Crippen molar-refractivity contribution in [2.24, 2.45) is 4.99 Å². The van der Waals surface area contributed by atoms with Gasteiger partial charge in [0, 0.05) is 24.4 Å². The molecule has 0 aliphatic carbocycles. The molecule has 0 amide bonds. The van der Waals surface area contributed by atoms with E-state index >= 15 is 0 Å². The quantitative estimate of drug-likeness (QED) is 0.437. The summed E-state index contributed by atoms with van der Waals surface area (Å²) in [5, 5.41) is 6.44. The lowest BCUT2D eigenvalue weighted by molar-refractivity contribution is 0.403. The first kappa shape index (κ1) is 17.4. The van der Waals surface area contributed by atoms with Gasteiger partial charge >= 0.3 is 0 Å². The lowest BCUT2D eigenvalue weighted by Gasteiger charge is -2.15. The van der Waals surface area contributed by atoms with E-state index in [4.69, 9.17) is 4.99 Å². The van der Waals surface area contributed by atoms with Crippen LogP contribution in [0.25, 0.3) is 0 Å². The van der Waals surface area contributed by atoms with Gasteiger partial charge in [-0.25, -0.2) is 0 Å². The van der Waals surface area contributed by atoms with Crippen molar-refractivity contribution < 1.29 is 0 Å². The summed E-state index contributed by atoms with van der Waals surface area (Å²) in [5.41, 5.74) is 3.28. The van der Waals surface area contributed by atoms with Crippen LogP contribution >= 0.6 is 0 Å². The standard InChI is InChI=1S/C17H28N4/c1-14-9-6-7-10-16(14)17(20-15(2)13-18-3)19-11-8-12-21(4)5/h6-7,9-10,18H,2,8,11-13H2,1,3-5H3,(H,19,20). The van der Waals surface area contributed by atoms with Crippen LogP contribution in [0.15, 0.2) is 41.5 Å². The minimum Gasteiger partial charge on any atom is -0.343 e.